The highest BCUT2D eigenvalue weighted by Crippen LogP contribution is 2.57. The monoisotopic (exact) mass is 1510 g/mol. The van der Waals surface area contributed by atoms with Gasteiger partial charge in [-0.3, -0.25) is 38.9 Å². The third kappa shape index (κ3) is 15.3. The quantitative estimate of drug-likeness (QED) is 0.0806. The van der Waals surface area contributed by atoms with E-state index in [-0.39, 0.29) is 86.8 Å². The van der Waals surface area contributed by atoms with Crippen LogP contribution in [0.2, 0.25) is 0 Å². The van der Waals surface area contributed by atoms with E-state index in [4.69, 9.17) is 34.4 Å². The molecule has 3 aromatic carbocycles. The predicted molar refractivity (Wildman–Crippen MR) is 421 cm³/mol. The zero-order valence-corrected chi connectivity index (χ0v) is 65.1. The van der Waals surface area contributed by atoms with Crippen molar-refractivity contribution < 1.29 is 41.7 Å². The number of rotatable bonds is 15. The lowest BCUT2D eigenvalue weighted by atomic mass is 9.55. The molecule has 6 aliphatic carbocycles. The highest BCUT2D eigenvalue weighted by molar-refractivity contribution is 5.98. The van der Waals surface area contributed by atoms with Gasteiger partial charge in [0.1, 0.15) is 29.0 Å². The fourth-order valence-electron chi connectivity index (χ4n) is 18.9. The zero-order valence-electron chi connectivity index (χ0n) is 65.1. The number of nitrogens with one attached hydrogen (secondary N) is 3. The molecule has 19 nitrogen and oxygen atoms in total. The summed E-state index contributed by atoms with van der Waals surface area (Å²) in [7, 11) is 0. The van der Waals surface area contributed by atoms with Gasteiger partial charge in [0.05, 0.1) is 40.4 Å². The maximum Gasteiger partial charge on any atom is 0.216 e. The van der Waals surface area contributed by atoms with Crippen molar-refractivity contribution in [3.05, 3.63) is 225 Å². The predicted octanol–water partition coefficient (Wildman–Crippen LogP) is 15.4. The summed E-state index contributed by atoms with van der Waals surface area (Å²) < 4.78 is 51.0. The minimum atomic E-state index is -0.373. The summed E-state index contributed by atoms with van der Waals surface area (Å²) in [6, 6.07) is 31.7. The van der Waals surface area contributed by atoms with Gasteiger partial charge in [0, 0.05) is 191 Å². The second-order valence-corrected chi connectivity index (χ2v) is 31.7. The van der Waals surface area contributed by atoms with Crippen LogP contribution in [0.4, 0.5) is 13.2 Å². The molecular weight excluding hydrogens is 1420 g/mol. The van der Waals surface area contributed by atoms with Crippen LogP contribution < -0.4 is 16.0 Å². The lowest BCUT2D eigenvalue weighted by Crippen LogP contribution is -2.48. The molecule has 0 bridgehead atoms. The maximum atomic E-state index is 15.2. The van der Waals surface area contributed by atoms with Crippen LogP contribution in [0.1, 0.15) is 176 Å². The van der Waals surface area contributed by atoms with Crippen molar-refractivity contribution in [2.24, 2.45) is 29.6 Å². The minimum Gasteiger partial charge on any atom is -0.361 e. The summed E-state index contributed by atoms with van der Waals surface area (Å²) in [4.78, 5) is 103. The Hall–Kier alpha value is -11.2. The average Bonchev–Trinajstić information content (AvgIpc) is 1.64. The Morgan fingerprint density at radius 1 is 0.491 bits per heavy atom. The van der Waals surface area contributed by atoms with Crippen LogP contribution in [0.5, 0.6) is 0 Å². The molecule has 112 heavy (non-hydrogen) atoms. The first-order chi connectivity index (χ1) is 53.8. The van der Waals surface area contributed by atoms with Crippen LogP contribution in [0.3, 0.4) is 0 Å². The Bertz CT molecular complexity index is 5360. The van der Waals surface area contributed by atoms with Crippen LogP contribution in [0.15, 0.2) is 150 Å². The van der Waals surface area contributed by atoms with Crippen LogP contribution in [-0.4, -0.2) is 98.9 Å². The number of aromatic nitrogens is 10. The molecule has 7 aromatic heterocycles. The van der Waals surface area contributed by atoms with Crippen molar-refractivity contribution in [2.45, 2.75) is 175 Å². The fraction of sp³-hybridized carbons (Fsp3) is 0.389. The number of fused-ring (bicyclic) bond motifs is 10. The van der Waals surface area contributed by atoms with Crippen LogP contribution in [0.25, 0.3) is 67.9 Å². The topological polar surface area (TPSA) is 263 Å². The highest BCUT2D eigenvalue weighted by Gasteiger charge is 2.54. The normalized spacial score (nSPS) is 22.8. The number of allylic oxidation sites excluding steroid dienone is 2. The van der Waals surface area contributed by atoms with E-state index in [1.54, 1.807) is 55.0 Å². The van der Waals surface area contributed by atoms with Crippen molar-refractivity contribution in [2.75, 3.05) is 19.6 Å². The molecule has 7 heterocycles. The van der Waals surface area contributed by atoms with Crippen molar-refractivity contribution in [3.63, 3.8) is 0 Å². The van der Waals surface area contributed by atoms with Crippen molar-refractivity contribution in [1.82, 2.24) is 66.0 Å². The van der Waals surface area contributed by atoms with Gasteiger partial charge >= 0.3 is 0 Å². The molecule has 0 spiro atoms. The molecule has 2 saturated carbocycles. The highest BCUT2D eigenvalue weighted by atomic mass is 19.1. The molecule has 6 aliphatic rings. The number of ketones is 2. The molecule has 3 N–H and O–H groups in total. The van der Waals surface area contributed by atoms with Gasteiger partial charge in [-0.05, 0) is 161 Å². The van der Waals surface area contributed by atoms with E-state index in [1.807, 2.05) is 87.6 Å². The maximum absolute atomic E-state index is 15.2. The number of amides is 3. The van der Waals surface area contributed by atoms with Crippen LogP contribution >= 0.6 is 0 Å². The van der Waals surface area contributed by atoms with E-state index < -0.39 is 0 Å². The Balaban J connectivity index is 0.000000140. The number of carbonyl (C=O) groups excluding carboxylic acids is 5. The van der Waals surface area contributed by atoms with Gasteiger partial charge < -0.3 is 20.5 Å². The molecule has 0 radical (unpaired) electrons. The fourth-order valence-corrected chi connectivity index (χ4v) is 18.9. The Morgan fingerprint density at radius 3 is 1.26 bits per heavy atom. The van der Waals surface area contributed by atoms with Crippen molar-refractivity contribution in [3.8, 4) is 67.9 Å². The molecule has 2 fully saturated rings. The van der Waals surface area contributed by atoms with E-state index in [9.17, 15) is 24.0 Å². The van der Waals surface area contributed by atoms with Gasteiger partial charge in [-0.1, -0.05) is 89.2 Å². The van der Waals surface area contributed by atoms with E-state index >= 15 is 13.2 Å². The first-order valence-corrected chi connectivity index (χ1v) is 39.1. The second kappa shape index (κ2) is 32.3. The summed E-state index contributed by atoms with van der Waals surface area (Å²) >= 11 is 0. The van der Waals surface area contributed by atoms with Crippen molar-refractivity contribution in [1.29, 1.82) is 0 Å². The van der Waals surface area contributed by atoms with Gasteiger partial charge in [0.25, 0.3) is 0 Å². The molecule has 0 aliphatic heterocycles. The van der Waals surface area contributed by atoms with Gasteiger partial charge in [-0.2, -0.15) is 0 Å². The first-order valence-electron chi connectivity index (χ1n) is 39.1. The van der Waals surface area contributed by atoms with Gasteiger partial charge in [-0.15, -0.1) is 0 Å². The average molecular weight is 1510 g/mol. The molecule has 576 valence electrons. The number of halogens is 3. The molecule has 0 saturated heterocycles. The standard InChI is InChI=1S/C31H33FN4O2.C30H30FN5O2.C29H31FN4O2/c1-5-20-17-31(4)25(18(2)28(20)38)11-10-24-27(23-8-6-7-9-26(23)32)35-30(36-29(24)31)21-12-14-34-22(16-21)13-15-33-19(3)37;1-17-24-9-8-23-26(22-6-4-5-7-25(22)31)35-29(19-10-12-33-21(14-19)11-13-32-18(2)37)36-28(23)30(24,3)15-20-16-34-38-27(17)20;1-17-23-9-8-22-26(21-6-4-5-7-24(21)30)33-28(34-27(22)29(23,3)13-10-25(17)36)19-11-14-32-20(16-19)12-15-31-18(2)35/h5-9,12,14,16,18,25H,10-11,13,15,17H2,1-4H3,(H,33,37);4-7,10,12,14,16-17,24H,8-9,11,13,15H2,1-3H3,(H,32,37);4-7,11,14,16-17,23H,8-10,12-13,15H2,1-3H3,(H,31,35)/b20-5-;;/t18-,25-,31-;17-,24-,30-;17-,23-,29-/m111/s1. The number of pyridine rings is 3. The van der Waals surface area contributed by atoms with Crippen molar-refractivity contribution >= 4 is 29.3 Å². The number of nitrogens with zero attached hydrogens (tertiary/aromatic N) is 10. The van der Waals surface area contributed by atoms with Crippen LogP contribution in [-0.2, 0) is 85.2 Å². The number of Topliss-reactive ketones (excluding diaryl/α,β-unsaturated/α-hetero) is 2. The largest absolute Gasteiger partial charge is 0.361 e. The van der Waals surface area contributed by atoms with E-state index in [0.29, 0.717) is 121 Å². The van der Waals surface area contributed by atoms with E-state index in [1.165, 1.54) is 39.0 Å². The summed E-state index contributed by atoms with van der Waals surface area (Å²) in [6.45, 7) is 20.8. The molecule has 9 atom stereocenters. The Morgan fingerprint density at radius 2 is 0.866 bits per heavy atom. The Kier molecular flexibility index (Phi) is 22.4. The van der Waals surface area contributed by atoms with Gasteiger partial charge in [0.2, 0.25) is 17.7 Å². The second-order valence-electron chi connectivity index (χ2n) is 31.7. The summed E-state index contributed by atoms with van der Waals surface area (Å²) in [5.74, 6) is 2.68. The first kappa shape index (κ1) is 77.6. The molecule has 22 heteroatoms. The molecule has 0 unspecified atom stereocenters. The van der Waals surface area contributed by atoms with E-state index in [2.05, 4.69) is 63.8 Å². The molecule has 16 rings (SSSR count). The van der Waals surface area contributed by atoms with Crippen LogP contribution in [0, 0.1) is 47.0 Å². The minimum absolute atomic E-state index is 0.0199. The van der Waals surface area contributed by atoms with E-state index in [0.717, 1.165) is 129 Å². The molecular formula is C90H94F3N13O6. The number of carbonyl (C=O) groups is 5. The molecule has 3 amide bonds. The summed E-state index contributed by atoms with van der Waals surface area (Å²) in [5, 5.41) is 12.5. The third-order valence-electron chi connectivity index (χ3n) is 24.6. The molecule has 10 aromatic rings. The third-order valence-corrected chi connectivity index (χ3v) is 24.6. The summed E-state index contributed by atoms with van der Waals surface area (Å²) in [5.41, 5.74) is 15.0. The smallest absolute Gasteiger partial charge is 0.216 e. The van der Waals surface area contributed by atoms with Gasteiger partial charge in [-0.25, -0.2) is 43.1 Å². The SMILES string of the molecule is C/C=C1/C[C@@]2(C)c3nc(-c4ccnc(CCNC(C)=O)c4)nc(-c4ccccc4F)c3CC[C@@H]2[C@@H](C)C1=O.CC(=O)NCCc1cc(-c2nc(-c3ccccc3F)c3c(n2)[C@]2(C)CCC(=O)[C@H](C)[C@H]2CC3)ccn1.CC(=O)NCCc1cc(-c2nc(-c3ccccc3F)c3c(n2)[C@]2(C)Cc4cnoc4[C@H](C)[C@H]2CC3)ccn1. The van der Waals surface area contributed by atoms with Gasteiger partial charge in [0.15, 0.2) is 23.3 Å². The lowest BCUT2D eigenvalue weighted by molar-refractivity contribution is -0.129. The Labute approximate surface area is 650 Å². The number of hydrogen-bond donors (Lipinski definition) is 3. The number of benzene rings is 3. The lowest BCUT2D eigenvalue weighted by Gasteiger charge is -2.48. The number of hydrogen-bond acceptors (Lipinski definition) is 16. The summed E-state index contributed by atoms with van der Waals surface area (Å²) in [6.07, 6.45) is 18.1. The zero-order chi connectivity index (χ0) is 78.9.